The first-order valence-electron chi connectivity index (χ1n) is 13.9. The third-order valence-corrected chi connectivity index (χ3v) is 11.3. The van der Waals surface area contributed by atoms with Gasteiger partial charge in [0.25, 0.3) is 0 Å². The van der Waals surface area contributed by atoms with E-state index in [-0.39, 0.29) is 28.3 Å². The van der Waals surface area contributed by atoms with Gasteiger partial charge in [0.1, 0.15) is 5.78 Å². The summed E-state index contributed by atoms with van der Waals surface area (Å²) in [4.78, 5) is 13.9. The third-order valence-electron chi connectivity index (χ3n) is 11.3. The number of allylic oxidation sites excluding steroid dienone is 1. The molecule has 3 saturated carbocycles. The van der Waals surface area contributed by atoms with Crippen LogP contribution in [0.25, 0.3) is 0 Å². The van der Waals surface area contributed by atoms with Crippen LogP contribution in [0.4, 0.5) is 0 Å². The van der Waals surface area contributed by atoms with E-state index in [1.807, 2.05) is 0 Å². The Labute approximate surface area is 202 Å². The normalized spacial score (nSPS) is 45.0. The van der Waals surface area contributed by atoms with Gasteiger partial charge in [-0.1, -0.05) is 60.1 Å². The Balaban J connectivity index is 1.54. The van der Waals surface area contributed by atoms with E-state index in [1.54, 1.807) is 0 Å². The predicted molar refractivity (Wildman–Crippen MR) is 135 cm³/mol. The van der Waals surface area contributed by atoms with Crippen LogP contribution in [-0.2, 0) is 4.79 Å². The fourth-order valence-corrected chi connectivity index (χ4v) is 8.87. The summed E-state index contributed by atoms with van der Waals surface area (Å²) in [5, 5.41) is 21.6. The smallest absolute Gasteiger partial charge is 0.137 e. The average molecular weight is 459 g/mol. The van der Waals surface area contributed by atoms with E-state index in [1.165, 1.54) is 18.4 Å². The fraction of sp³-hybridized carbons (Fsp3) is 0.900. The molecule has 0 radical (unpaired) electrons. The molecule has 0 heterocycles. The van der Waals surface area contributed by atoms with Crippen LogP contribution in [0.5, 0.6) is 0 Å². The molecule has 3 nitrogen and oxygen atoms in total. The van der Waals surface area contributed by atoms with Gasteiger partial charge in [0.05, 0.1) is 11.7 Å². The van der Waals surface area contributed by atoms with Crippen molar-refractivity contribution >= 4 is 5.78 Å². The van der Waals surface area contributed by atoms with E-state index in [0.29, 0.717) is 29.5 Å². The summed E-state index contributed by atoms with van der Waals surface area (Å²) >= 11 is 0. The van der Waals surface area contributed by atoms with Crippen LogP contribution in [0.15, 0.2) is 11.6 Å². The topological polar surface area (TPSA) is 57.5 Å². The zero-order valence-corrected chi connectivity index (χ0v) is 22.4. The van der Waals surface area contributed by atoms with E-state index in [9.17, 15) is 15.0 Å². The number of aliphatic hydroxyl groups is 2. The molecule has 0 aliphatic heterocycles. The standard InChI is InChI=1S/C30H50O3/c1-8-30(33)16-15-28(6)20(17-30)10-11-21-23-13-12-22(29(23,7)18-24(31)26(21)28)19(2)9-14-25(32)27(3,4)5/h10,19,21-23,25-26,32-33H,8-9,11-18H2,1-7H3/t19-,21+,22-,23?,25?,26?,28+,29-,30+/m1/s1. The quantitative estimate of drug-likeness (QED) is 0.450. The van der Waals surface area contributed by atoms with Crippen molar-refractivity contribution in [2.45, 2.75) is 124 Å². The summed E-state index contributed by atoms with van der Waals surface area (Å²) in [5.41, 5.74) is 0.779. The molecule has 9 atom stereocenters. The minimum Gasteiger partial charge on any atom is -0.393 e. The maximum absolute atomic E-state index is 13.9. The summed E-state index contributed by atoms with van der Waals surface area (Å²) in [6.45, 7) is 15.6. The van der Waals surface area contributed by atoms with Crippen LogP contribution in [0.1, 0.15) is 113 Å². The van der Waals surface area contributed by atoms with E-state index in [2.05, 4.69) is 54.5 Å². The molecule has 4 aliphatic rings. The van der Waals surface area contributed by atoms with Gasteiger partial charge in [-0.3, -0.25) is 4.79 Å². The van der Waals surface area contributed by atoms with Gasteiger partial charge in [0, 0.05) is 12.3 Å². The Bertz CT molecular complexity index is 793. The van der Waals surface area contributed by atoms with Crippen molar-refractivity contribution in [1.82, 2.24) is 0 Å². The van der Waals surface area contributed by atoms with Gasteiger partial charge in [0.2, 0.25) is 0 Å². The zero-order chi connectivity index (χ0) is 24.4. The monoisotopic (exact) mass is 458 g/mol. The summed E-state index contributed by atoms with van der Waals surface area (Å²) in [7, 11) is 0. The number of fused-ring (bicyclic) bond motifs is 5. The maximum atomic E-state index is 13.9. The molecular weight excluding hydrogens is 408 g/mol. The summed E-state index contributed by atoms with van der Waals surface area (Å²) in [5.74, 6) is 2.86. The summed E-state index contributed by atoms with van der Waals surface area (Å²) < 4.78 is 0. The number of Topliss-reactive ketones (excluding diaryl/α,β-unsaturated/α-hetero) is 1. The molecule has 4 aliphatic carbocycles. The second-order valence-electron chi connectivity index (χ2n) is 14.2. The molecule has 33 heavy (non-hydrogen) atoms. The highest BCUT2D eigenvalue weighted by Gasteiger charge is 2.62. The predicted octanol–water partition coefficient (Wildman–Crippen LogP) is 6.71. The van der Waals surface area contributed by atoms with Crippen molar-refractivity contribution in [1.29, 1.82) is 0 Å². The molecule has 0 bridgehead atoms. The number of ketones is 1. The van der Waals surface area contributed by atoms with Crippen LogP contribution in [0, 0.1) is 45.8 Å². The second-order valence-corrected chi connectivity index (χ2v) is 14.2. The Kier molecular flexibility index (Phi) is 6.53. The van der Waals surface area contributed by atoms with Crippen LogP contribution in [-0.4, -0.2) is 27.7 Å². The molecule has 188 valence electrons. The number of hydrogen-bond donors (Lipinski definition) is 2. The van der Waals surface area contributed by atoms with E-state index < -0.39 is 5.60 Å². The summed E-state index contributed by atoms with van der Waals surface area (Å²) in [6.07, 6.45) is 11.6. The molecule has 0 amide bonds. The van der Waals surface area contributed by atoms with Crippen LogP contribution in [0.2, 0.25) is 0 Å². The largest absolute Gasteiger partial charge is 0.393 e. The average Bonchev–Trinajstić information content (AvgIpc) is 3.08. The highest BCUT2D eigenvalue weighted by molar-refractivity contribution is 5.85. The first-order valence-corrected chi connectivity index (χ1v) is 13.9. The number of aliphatic hydroxyl groups excluding tert-OH is 1. The Morgan fingerprint density at radius 1 is 1.12 bits per heavy atom. The highest BCUT2D eigenvalue weighted by Crippen LogP contribution is 2.67. The minimum absolute atomic E-state index is 0.0523. The molecule has 0 aromatic carbocycles. The molecule has 0 saturated heterocycles. The lowest BCUT2D eigenvalue weighted by molar-refractivity contribution is -0.147. The van der Waals surface area contributed by atoms with Gasteiger partial charge in [-0.15, -0.1) is 0 Å². The lowest BCUT2D eigenvalue weighted by Gasteiger charge is -2.58. The molecule has 0 aromatic rings. The molecule has 0 aromatic heterocycles. The van der Waals surface area contributed by atoms with Crippen LogP contribution in [0.3, 0.4) is 0 Å². The molecule has 4 rings (SSSR count). The van der Waals surface area contributed by atoms with Gasteiger partial charge in [-0.05, 0) is 97.7 Å². The van der Waals surface area contributed by atoms with Crippen molar-refractivity contribution in [3.8, 4) is 0 Å². The molecule has 2 N–H and O–H groups in total. The number of carbonyl (C=O) groups is 1. The SMILES string of the molecule is CC[C@]1(O)CC[C@@]2(C)C(=CC[C@@H]3C2C(=O)C[C@@]2(C)C3CC[C@@H]2[C@H](C)CCC(O)C(C)(C)C)C1. The summed E-state index contributed by atoms with van der Waals surface area (Å²) in [6, 6.07) is 0. The van der Waals surface area contributed by atoms with E-state index >= 15 is 0 Å². The first kappa shape index (κ1) is 25.4. The maximum Gasteiger partial charge on any atom is 0.137 e. The van der Waals surface area contributed by atoms with Crippen molar-refractivity contribution in [2.75, 3.05) is 0 Å². The molecule has 3 unspecified atom stereocenters. The van der Waals surface area contributed by atoms with Gasteiger partial charge in [0.15, 0.2) is 0 Å². The van der Waals surface area contributed by atoms with Crippen molar-refractivity contribution in [3.63, 3.8) is 0 Å². The fourth-order valence-electron chi connectivity index (χ4n) is 8.87. The van der Waals surface area contributed by atoms with Crippen LogP contribution >= 0.6 is 0 Å². The number of hydrogen-bond acceptors (Lipinski definition) is 3. The molecular formula is C30H50O3. The van der Waals surface area contributed by atoms with Crippen molar-refractivity contribution in [3.05, 3.63) is 11.6 Å². The van der Waals surface area contributed by atoms with Crippen molar-refractivity contribution < 1.29 is 15.0 Å². The lowest BCUT2D eigenvalue weighted by atomic mass is 9.45. The highest BCUT2D eigenvalue weighted by atomic mass is 16.3. The Hall–Kier alpha value is -0.670. The Morgan fingerprint density at radius 2 is 1.82 bits per heavy atom. The minimum atomic E-state index is -0.573. The van der Waals surface area contributed by atoms with E-state index in [0.717, 1.165) is 51.4 Å². The number of carbonyl (C=O) groups excluding carboxylic acids is 1. The Morgan fingerprint density at radius 3 is 2.45 bits per heavy atom. The van der Waals surface area contributed by atoms with Gasteiger partial charge >= 0.3 is 0 Å². The van der Waals surface area contributed by atoms with E-state index in [4.69, 9.17) is 0 Å². The second kappa shape index (κ2) is 8.47. The third kappa shape index (κ3) is 4.18. The van der Waals surface area contributed by atoms with Gasteiger partial charge in [-0.25, -0.2) is 0 Å². The van der Waals surface area contributed by atoms with Gasteiger partial charge < -0.3 is 10.2 Å². The number of rotatable bonds is 5. The van der Waals surface area contributed by atoms with Gasteiger partial charge in [-0.2, -0.15) is 0 Å². The van der Waals surface area contributed by atoms with Crippen molar-refractivity contribution in [2.24, 2.45) is 45.8 Å². The molecule has 3 fully saturated rings. The lowest BCUT2D eigenvalue weighted by Crippen LogP contribution is -2.56. The molecule has 3 heteroatoms. The first-order chi connectivity index (χ1) is 15.2. The van der Waals surface area contributed by atoms with Crippen LogP contribution < -0.4 is 0 Å². The zero-order valence-electron chi connectivity index (χ0n) is 22.4. The molecule has 0 spiro atoms.